The topological polar surface area (TPSA) is 99.6 Å². The number of aromatic amines is 1. The lowest BCUT2D eigenvalue weighted by Crippen LogP contribution is -2.18. The lowest BCUT2D eigenvalue weighted by atomic mass is 10.1. The second-order valence-corrected chi connectivity index (χ2v) is 6.02. The van der Waals surface area contributed by atoms with Crippen LogP contribution >= 0.6 is 0 Å². The molecule has 0 amide bonds. The molecule has 2 rings (SSSR count). The Balaban J connectivity index is 2.05. The third-order valence-electron chi connectivity index (χ3n) is 3.85. The summed E-state index contributed by atoms with van der Waals surface area (Å²) in [7, 11) is 0. The van der Waals surface area contributed by atoms with Crippen molar-refractivity contribution in [3.8, 4) is 11.5 Å². The molecule has 0 aliphatic carbocycles. The number of H-pyrrole nitrogens is 1. The number of nitrogens with zero attached hydrogens (tertiary/aromatic N) is 2. The number of aryl methyl sites for hydroxylation is 1. The number of ether oxygens (including phenoxy) is 1. The number of aromatic hydroxyl groups is 1. The summed E-state index contributed by atoms with van der Waals surface area (Å²) < 4.78 is 5.46. The first-order chi connectivity index (χ1) is 12.5. The third kappa shape index (κ3) is 5.34. The van der Waals surface area contributed by atoms with Crippen molar-refractivity contribution in [2.75, 3.05) is 12.0 Å². The van der Waals surface area contributed by atoms with E-state index in [0.29, 0.717) is 35.6 Å². The van der Waals surface area contributed by atoms with Crippen LogP contribution in [0.25, 0.3) is 0 Å². The molecule has 0 aliphatic heterocycles. The van der Waals surface area contributed by atoms with E-state index >= 15 is 0 Å². The number of hydrogen-bond donors (Lipinski definition) is 3. The molecule has 0 atom stereocenters. The van der Waals surface area contributed by atoms with E-state index < -0.39 is 0 Å². The number of aromatic nitrogens is 2. The van der Waals surface area contributed by atoms with E-state index in [-0.39, 0.29) is 17.3 Å². The number of hydrazone groups is 1. The Labute approximate surface area is 153 Å². The minimum atomic E-state index is -0.149. The standard InChI is InChI=1S/C19H26N4O3/c1-4-6-7-16-13(3)21-19(22-18(16)25)23-20-12-14-8-9-15(11-17(14)24)26-10-5-2/h8-9,11-12,24H,4-7,10H2,1-3H3,(H2,21,22,23,25)/b20-12-. The number of unbranched alkanes of at least 4 members (excludes halogenated alkanes) is 1. The summed E-state index contributed by atoms with van der Waals surface area (Å²) in [4.78, 5) is 19.1. The minimum Gasteiger partial charge on any atom is -0.507 e. The molecule has 3 N–H and O–H groups in total. The molecule has 0 saturated heterocycles. The Morgan fingerprint density at radius 2 is 2.15 bits per heavy atom. The van der Waals surface area contributed by atoms with E-state index in [0.717, 1.165) is 19.3 Å². The summed E-state index contributed by atoms with van der Waals surface area (Å²) in [5.74, 6) is 0.946. The molecule has 1 heterocycles. The van der Waals surface area contributed by atoms with Crippen LogP contribution < -0.4 is 15.7 Å². The molecule has 0 radical (unpaired) electrons. The molecule has 0 bridgehead atoms. The van der Waals surface area contributed by atoms with Crippen LogP contribution in [-0.4, -0.2) is 27.9 Å². The Morgan fingerprint density at radius 1 is 1.35 bits per heavy atom. The van der Waals surface area contributed by atoms with Crippen molar-refractivity contribution in [2.45, 2.75) is 46.5 Å². The highest BCUT2D eigenvalue weighted by Gasteiger charge is 2.07. The predicted molar refractivity (Wildman–Crippen MR) is 103 cm³/mol. The van der Waals surface area contributed by atoms with Crippen LogP contribution in [0.5, 0.6) is 11.5 Å². The summed E-state index contributed by atoms with van der Waals surface area (Å²) >= 11 is 0. The Bertz CT molecular complexity index is 815. The average Bonchev–Trinajstić information content (AvgIpc) is 2.61. The molecule has 26 heavy (non-hydrogen) atoms. The minimum absolute atomic E-state index is 0.0664. The van der Waals surface area contributed by atoms with Crippen LogP contribution in [0.2, 0.25) is 0 Å². The number of anilines is 1. The van der Waals surface area contributed by atoms with Crippen molar-refractivity contribution in [3.05, 3.63) is 45.4 Å². The molecule has 1 aromatic heterocycles. The Kier molecular flexibility index (Phi) is 7.20. The van der Waals surface area contributed by atoms with Gasteiger partial charge < -0.3 is 9.84 Å². The highest BCUT2D eigenvalue weighted by molar-refractivity contribution is 5.84. The van der Waals surface area contributed by atoms with Crippen LogP contribution in [0.4, 0.5) is 5.95 Å². The van der Waals surface area contributed by atoms with Gasteiger partial charge in [0.2, 0.25) is 5.95 Å². The molecule has 2 aromatic rings. The summed E-state index contributed by atoms with van der Waals surface area (Å²) in [6.45, 7) is 6.51. The summed E-state index contributed by atoms with van der Waals surface area (Å²) in [6.07, 6.45) is 5.05. The number of phenols is 1. The summed E-state index contributed by atoms with van der Waals surface area (Å²) in [6, 6.07) is 5.02. The number of phenolic OH excluding ortho intramolecular Hbond substituents is 1. The van der Waals surface area contributed by atoms with Crippen LogP contribution in [0.3, 0.4) is 0 Å². The van der Waals surface area contributed by atoms with Crippen molar-refractivity contribution in [2.24, 2.45) is 5.10 Å². The molecule has 140 valence electrons. The number of hydrogen-bond acceptors (Lipinski definition) is 6. The van der Waals surface area contributed by atoms with E-state index in [4.69, 9.17) is 4.74 Å². The second kappa shape index (κ2) is 9.60. The normalized spacial score (nSPS) is 11.0. The maximum absolute atomic E-state index is 12.1. The van der Waals surface area contributed by atoms with Crippen molar-refractivity contribution in [3.63, 3.8) is 0 Å². The van der Waals surface area contributed by atoms with Gasteiger partial charge >= 0.3 is 0 Å². The van der Waals surface area contributed by atoms with E-state index in [1.165, 1.54) is 6.21 Å². The Morgan fingerprint density at radius 3 is 2.81 bits per heavy atom. The van der Waals surface area contributed by atoms with Gasteiger partial charge in [0.15, 0.2) is 0 Å². The molecule has 0 unspecified atom stereocenters. The monoisotopic (exact) mass is 358 g/mol. The molecule has 0 fully saturated rings. The van der Waals surface area contributed by atoms with Gasteiger partial charge in [-0.05, 0) is 38.3 Å². The van der Waals surface area contributed by atoms with Gasteiger partial charge in [0.05, 0.1) is 12.8 Å². The van der Waals surface area contributed by atoms with Crippen LogP contribution in [-0.2, 0) is 6.42 Å². The Hall–Kier alpha value is -2.83. The zero-order valence-electron chi connectivity index (χ0n) is 15.5. The van der Waals surface area contributed by atoms with E-state index in [2.05, 4.69) is 27.4 Å². The fourth-order valence-corrected chi connectivity index (χ4v) is 2.42. The smallest absolute Gasteiger partial charge is 0.255 e. The maximum atomic E-state index is 12.1. The van der Waals surface area contributed by atoms with Gasteiger partial charge in [0.1, 0.15) is 11.5 Å². The van der Waals surface area contributed by atoms with Gasteiger partial charge in [-0.1, -0.05) is 20.3 Å². The molecular weight excluding hydrogens is 332 g/mol. The van der Waals surface area contributed by atoms with Gasteiger partial charge in [-0.25, -0.2) is 10.4 Å². The van der Waals surface area contributed by atoms with Gasteiger partial charge in [0, 0.05) is 22.9 Å². The van der Waals surface area contributed by atoms with Crippen LogP contribution in [0.1, 0.15) is 49.9 Å². The predicted octanol–water partition coefficient (Wildman–Crippen LogP) is 3.36. The molecule has 7 heteroatoms. The quantitative estimate of drug-likeness (QED) is 0.471. The molecule has 0 aliphatic rings. The number of benzene rings is 1. The molecule has 1 aromatic carbocycles. The number of rotatable bonds is 9. The SMILES string of the molecule is CCCCc1c(C)nc(N/N=C\c2ccc(OCCC)cc2O)[nH]c1=O. The van der Waals surface area contributed by atoms with Crippen molar-refractivity contribution < 1.29 is 9.84 Å². The third-order valence-corrected chi connectivity index (χ3v) is 3.85. The molecule has 0 saturated carbocycles. The van der Waals surface area contributed by atoms with E-state index in [1.54, 1.807) is 18.2 Å². The van der Waals surface area contributed by atoms with Gasteiger partial charge in [0.25, 0.3) is 5.56 Å². The molecular formula is C19H26N4O3. The molecule has 0 spiro atoms. The van der Waals surface area contributed by atoms with Gasteiger partial charge in [-0.2, -0.15) is 5.10 Å². The highest BCUT2D eigenvalue weighted by atomic mass is 16.5. The maximum Gasteiger partial charge on any atom is 0.255 e. The largest absolute Gasteiger partial charge is 0.507 e. The second-order valence-electron chi connectivity index (χ2n) is 6.02. The van der Waals surface area contributed by atoms with Crippen LogP contribution in [0, 0.1) is 6.92 Å². The zero-order valence-corrected chi connectivity index (χ0v) is 15.5. The van der Waals surface area contributed by atoms with Gasteiger partial charge in [-0.3, -0.25) is 9.78 Å². The fourth-order valence-electron chi connectivity index (χ4n) is 2.42. The average molecular weight is 358 g/mol. The fraction of sp³-hybridized carbons (Fsp3) is 0.421. The van der Waals surface area contributed by atoms with Crippen molar-refractivity contribution >= 4 is 12.2 Å². The first-order valence-electron chi connectivity index (χ1n) is 8.89. The summed E-state index contributed by atoms with van der Waals surface area (Å²) in [5.41, 5.74) is 4.48. The lowest BCUT2D eigenvalue weighted by molar-refractivity contribution is 0.315. The van der Waals surface area contributed by atoms with E-state index in [1.807, 2.05) is 13.8 Å². The van der Waals surface area contributed by atoms with Crippen molar-refractivity contribution in [1.82, 2.24) is 9.97 Å². The van der Waals surface area contributed by atoms with Gasteiger partial charge in [-0.15, -0.1) is 0 Å². The van der Waals surface area contributed by atoms with E-state index in [9.17, 15) is 9.90 Å². The highest BCUT2D eigenvalue weighted by Crippen LogP contribution is 2.22. The van der Waals surface area contributed by atoms with Crippen molar-refractivity contribution in [1.29, 1.82) is 0 Å². The summed E-state index contributed by atoms with van der Waals surface area (Å²) in [5, 5.41) is 14.1. The van der Waals surface area contributed by atoms with Crippen LogP contribution in [0.15, 0.2) is 28.1 Å². The lowest BCUT2D eigenvalue weighted by Gasteiger charge is -2.07. The first kappa shape index (κ1) is 19.5. The number of nitrogens with one attached hydrogen (secondary N) is 2. The molecule has 7 nitrogen and oxygen atoms in total. The zero-order chi connectivity index (χ0) is 18.9. The first-order valence-corrected chi connectivity index (χ1v) is 8.89.